The van der Waals surface area contributed by atoms with Crippen molar-refractivity contribution in [1.29, 1.82) is 0 Å². The minimum atomic E-state index is -0.641. The first-order valence-electron chi connectivity index (χ1n) is 7.92. The number of hydrogen-bond acceptors (Lipinski definition) is 6. The number of carbonyl (C=O) groups is 2. The molecule has 0 aliphatic carbocycles. The van der Waals surface area contributed by atoms with Crippen molar-refractivity contribution in [2.24, 2.45) is 0 Å². The van der Waals surface area contributed by atoms with E-state index in [4.69, 9.17) is 18.9 Å². The summed E-state index contributed by atoms with van der Waals surface area (Å²) in [6.45, 7) is -0.401. The minimum absolute atomic E-state index is 0.309. The molecule has 0 radical (unpaired) electrons. The van der Waals surface area contributed by atoms with Crippen LogP contribution in [0.2, 0.25) is 0 Å². The van der Waals surface area contributed by atoms with Crippen LogP contribution in [0.25, 0.3) is 6.08 Å². The number of ketones is 1. The molecule has 142 valence electrons. The maximum atomic E-state index is 12.3. The van der Waals surface area contributed by atoms with Gasteiger partial charge < -0.3 is 18.9 Å². The summed E-state index contributed by atoms with van der Waals surface area (Å²) in [4.78, 5) is 24.2. The van der Waals surface area contributed by atoms with Gasteiger partial charge in [-0.15, -0.1) is 0 Å². The van der Waals surface area contributed by atoms with Crippen LogP contribution in [0.4, 0.5) is 0 Å². The van der Waals surface area contributed by atoms with E-state index in [0.717, 1.165) is 4.47 Å². The predicted octanol–water partition coefficient (Wildman–Crippen LogP) is 3.91. The van der Waals surface area contributed by atoms with Crippen LogP contribution >= 0.6 is 15.9 Å². The zero-order valence-electron chi connectivity index (χ0n) is 15.2. The fourth-order valence-corrected chi connectivity index (χ4v) is 2.66. The average molecular weight is 435 g/mol. The molecule has 0 atom stereocenters. The smallest absolute Gasteiger partial charge is 0.331 e. The number of hydrogen-bond donors (Lipinski definition) is 0. The summed E-state index contributed by atoms with van der Waals surface area (Å²) in [5.74, 6) is 0.506. The van der Waals surface area contributed by atoms with Crippen molar-refractivity contribution >= 4 is 33.8 Å². The molecule has 2 aromatic carbocycles. The quantitative estimate of drug-likeness (QED) is 0.356. The highest BCUT2D eigenvalue weighted by molar-refractivity contribution is 9.10. The van der Waals surface area contributed by atoms with E-state index in [2.05, 4.69) is 15.9 Å². The van der Waals surface area contributed by atoms with Gasteiger partial charge in [0.1, 0.15) is 17.2 Å². The summed E-state index contributed by atoms with van der Waals surface area (Å²) in [5, 5.41) is 0. The molecule has 0 aromatic heterocycles. The minimum Gasteiger partial charge on any atom is -0.497 e. The van der Waals surface area contributed by atoms with E-state index in [9.17, 15) is 9.59 Å². The Hall–Kier alpha value is -2.80. The van der Waals surface area contributed by atoms with Crippen molar-refractivity contribution in [1.82, 2.24) is 0 Å². The number of Topliss-reactive ketones (excluding diaryl/α,β-unsaturated/α-hetero) is 1. The van der Waals surface area contributed by atoms with E-state index in [1.54, 1.807) is 43.5 Å². The van der Waals surface area contributed by atoms with Crippen LogP contribution < -0.4 is 14.2 Å². The lowest BCUT2D eigenvalue weighted by Gasteiger charge is -2.09. The molecule has 0 heterocycles. The number of rotatable bonds is 8. The van der Waals surface area contributed by atoms with Gasteiger partial charge in [0.2, 0.25) is 5.78 Å². The van der Waals surface area contributed by atoms with Gasteiger partial charge in [0.25, 0.3) is 0 Å². The van der Waals surface area contributed by atoms with Gasteiger partial charge in [-0.25, -0.2) is 4.79 Å². The molecule has 6 nitrogen and oxygen atoms in total. The van der Waals surface area contributed by atoms with E-state index in [1.165, 1.54) is 20.3 Å². The first kappa shape index (κ1) is 20.5. The third kappa shape index (κ3) is 5.59. The highest BCUT2D eigenvalue weighted by Gasteiger charge is 2.15. The molecule has 27 heavy (non-hydrogen) atoms. The second-order valence-electron chi connectivity index (χ2n) is 5.32. The molecule has 0 aliphatic heterocycles. The second-order valence-corrected chi connectivity index (χ2v) is 6.23. The molecule has 7 heteroatoms. The fraction of sp³-hybridized carbons (Fsp3) is 0.200. The molecule has 0 N–H and O–H groups in total. The van der Waals surface area contributed by atoms with Crippen molar-refractivity contribution < 1.29 is 28.5 Å². The van der Waals surface area contributed by atoms with Gasteiger partial charge in [-0.3, -0.25) is 4.79 Å². The molecule has 2 rings (SSSR count). The Kier molecular flexibility index (Phi) is 7.43. The number of ether oxygens (including phenoxy) is 4. The Labute approximate surface area is 165 Å². The lowest BCUT2D eigenvalue weighted by Crippen LogP contribution is -2.13. The summed E-state index contributed by atoms with van der Waals surface area (Å²) in [7, 11) is 4.51. The summed E-state index contributed by atoms with van der Waals surface area (Å²) in [6.07, 6.45) is 2.80. The molecule has 2 aromatic rings. The van der Waals surface area contributed by atoms with Crippen LogP contribution in [-0.4, -0.2) is 39.7 Å². The highest BCUT2D eigenvalue weighted by atomic mass is 79.9. The average Bonchev–Trinajstić information content (AvgIpc) is 2.69. The Morgan fingerprint density at radius 1 is 0.963 bits per heavy atom. The monoisotopic (exact) mass is 434 g/mol. The molecule has 0 spiro atoms. The van der Waals surface area contributed by atoms with Crippen molar-refractivity contribution in [3.05, 3.63) is 58.1 Å². The summed E-state index contributed by atoms with van der Waals surface area (Å²) in [6, 6.07) is 10.2. The third-order valence-corrected chi connectivity index (χ3v) is 4.14. The maximum Gasteiger partial charge on any atom is 0.331 e. The molecule has 0 aliphatic rings. The molecule has 0 saturated heterocycles. The van der Waals surface area contributed by atoms with E-state index in [0.29, 0.717) is 28.4 Å². The molecule has 0 unspecified atom stereocenters. The number of esters is 1. The third-order valence-electron chi connectivity index (χ3n) is 3.65. The summed E-state index contributed by atoms with van der Waals surface area (Å²) >= 11 is 3.36. The molecular formula is C20H19BrO6. The molecule has 0 amide bonds. The van der Waals surface area contributed by atoms with E-state index in [-0.39, 0.29) is 5.78 Å². The van der Waals surface area contributed by atoms with Crippen molar-refractivity contribution in [2.45, 2.75) is 0 Å². The SMILES string of the molecule is COc1ccc(C(=O)COC(=O)/C=C/c2cc(Br)ccc2OC)c(OC)c1. The highest BCUT2D eigenvalue weighted by Crippen LogP contribution is 2.25. The van der Waals surface area contributed by atoms with Crippen molar-refractivity contribution in [2.75, 3.05) is 27.9 Å². The number of carbonyl (C=O) groups excluding carboxylic acids is 2. The summed E-state index contributed by atoms with van der Waals surface area (Å²) in [5.41, 5.74) is 1.01. The summed E-state index contributed by atoms with van der Waals surface area (Å²) < 4.78 is 21.4. The number of halogens is 1. The Balaban J connectivity index is 2.01. The van der Waals surface area contributed by atoms with Crippen molar-refractivity contribution in [3.63, 3.8) is 0 Å². The van der Waals surface area contributed by atoms with Gasteiger partial charge in [-0.2, -0.15) is 0 Å². The molecule has 0 saturated carbocycles. The van der Waals surface area contributed by atoms with Gasteiger partial charge in [-0.1, -0.05) is 15.9 Å². The van der Waals surface area contributed by atoms with Crippen LogP contribution in [0.15, 0.2) is 46.9 Å². The first-order chi connectivity index (χ1) is 13.0. The Morgan fingerprint density at radius 2 is 1.70 bits per heavy atom. The van der Waals surface area contributed by atoms with E-state index < -0.39 is 12.6 Å². The molecular weight excluding hydrogens is 416 g/mol. The maximum absolute atomic E-state index is 12.3. The van der Waals surface area contributed by atoms with Gasteiger partial charge >= 0.3 is 5.97 Å². The predicted molar refractivity (Wildman–Crippen MR) is 105 cm³/mol. The Morgan fingerprint density at radius 3 is 2.37 bits per heavy atom. The van der Waals surface area contributed by atoms with Crippen molar-refractivity contribution in [3.8, 4) is 17.2 Å². The topological polar surface area (TPSA) is 71.1 Å². The lowest BCUT2D eigenvalue weighted by molar-refractivity contribution is -0.136. The van der Waals surface area contributed by atoms with Gasteiger partial charge in [-0.05, 0) is 36.4 Å². The number of methoxy groups -OCH3 is 3. The van der Waals surface area contributed by atoms with Gasteiger partial charge in [0, 0.05) is 22.2 Å². The van der Waals surface area contributed by atoms with Crippen LogP contribution in [0.3, 0.4) is 0 Å². The van der Waals surface area contributed by atoms with E-state index in [1.807, 2.05) is 6.07 Å². The fourth-order valence-electron chi connectivity index (χ4n) is 2.28. The largest absolute Gasteiger partial charge is 0.497 e. The van der Waals surface area contributed by atoms with Crippen LogP contribution in [-0.2, 0) is 9.53 Å². The zero-order valence-corrected chi connectivity index (χ0v) is 16.7. The van der Waals surface area contributed by atoms with Crippen LogP contribution in [0, 0.1) is 0 Å². The van der Waals surface area contributed by atoms with Gasteiger partial charge in [0.15, 0.2) is 6.61 Å². The first-order valence-corrected chi connectivity index (χ1v) is 8.71. The Bertz CT molecular complexity index is 860. The molecule has 0 fully saturated rings. The standard InChI is InChI=1S/C20H19BrO6/c1-24-15-6-7-16(19(11-15)26-3)17(22)12-27-20(23)9-4-13-10-14(21)5-8-18(13)25-2/h4-11H,12H2,1-3H3/b9-4+. The second kappa shape index (κ2) is 9.78. The zero-order chi connectivity index (χ0) is 19.8. The normalized spacial score (nSPS) is 10.5. The van der Waals surface area contributed by atoms with E-state index >= 15 is 0 Å². The lowest BCUT2D eigenvalue weighted by atomic mass is 10.1. The molecule has 0 bridgehead atoms. The van der Waals surface area contributed by atoms with Crippen LogP contribution in [0.1, 0.15) is 15.9 Å². The van der Waals surface area contributed by atoms with Crippen LogP contribution in [0.5, 0.6) is 17.2 Å². The van der Waals surface area contributed by atoms with Gasteiger partial charge in [0.05, 0.1) is 26.9 Å². The number of benzene rings is 2.